The number of hydrogen-bond donors (Lipinski definition) is 0. The molecule has 1 aliphatic rings. The predicted molar refractivity (Wildman–Crippen MR) is 107 cm³/mol. The highest BCUT2D eigenvalue weighted by atomic mass is 16.5. The van der Waals surface area contributed by atoms with Crippen molar-refractivity contribution in [2.75, 3.05) is 38.3 Å². The number of carbonyl (C=O) groups excluding carboxylic acids is 1. The SMILES string of the molecule is CC(Oc1ccc(C#N)cc1)C(=O)N(C)Cc1ccc(N2CCOCC2)cc1. The molecular weight excluding hydrogens is 354 g/mol. The average molecular weight is 379 g/mol. The number of morpholine rings is 1. The molecule has 2 aromatic rings. The predicted octanol–water partition coefficient (Wildman–Crippen LogP) is 2.82. The molecule has 3 rings (SSSR count). The number of benzene rings is 2. The first kappa shape index (κ1) is 19.7. The highest BCUT2D eigenvalue weighted by molar-refractivity contribution is 5.80. The lowest BCUT2D eigenvalue weighted by atomic mass is 10.1. The summed E-state index contributed by atoms with van der Waals surface area (Å²) in [6, 6.07) is 17.1. The molecule has 0 aromatic heterocycles. The van der Waals surface area contributed by atoms with E-state index in [1.807, 2.05) is 0 Å². The van der Waals surface area contributed by atoms with Crippen LogP contribution in [0.2, 0.25) is 0 Å². The van der Waals surface area contributed by atoms with Crippen molar-refractivity contribution < 1.29 is 14.3 Å². The molecule has 146 valence electrons. The zero-order valence-electron chi connectivity index (χ0n) is 16.3. The number of anilines is 1. The lowest BCUT2D eigenvalue weighted by Gasteiger charge is -2.29. The van der Waals surface area contributed by atoms with Crippen LogP contribution >= 0.6 is 0 Å². The summed E-state index contributed by atoms with van der Waals surface area (Å²) >= 11 is 0. The Bertz CT molecular complexity index is 822. The van der Waals surface area contributed by atoms with Crippen LogP contribution in [0.5, 0.6) is 5.75 Å². The maximum Gasteiger partial charge on any atom is 0.263 e. The largest absolute Gasteiger partial charge is 0.481 e. The van der Waals surface area contributed by atoms with Gasteiger partial charge < -0.3 is 19.3 Å². The van der Waals surface area contributed by atoms with E-state index >= 15 is 0 Å². The number of likely N-dealkylation sites (N-methyl/N-ethyl adjacent to an activating group) is 1. The van der Waals surface area contributed by atoms with Crippen LogP contribution in [0.15, 0.2) is 48.5 Å². The Morgan fingerprint density at radius 2 is 1.82 bits per heavy atom. The van der Waals surface area contributed by atoms with Crippen molar-refractivity contribution in [3.05, 3.63) is 59.7 Å². The van der Waals surface area contributed by atoms with Crippen LogP contribution in [0.1, 0.15) is 18.1 Å². The molecule has 6 heteroatoms. The summed E-state index contributed by atoms with van der Waals surface area (Å²) in [5, 5.41) is 8.84. The summed E-state index contributed by atoms with van der Waals surface area (Å²) < 4.78 is 11.1. The van der Waals surface area contributed by atoms with E-state index in [1.54, 1.807) is 43.1 Å². The zero-order valence-corrected chi connectivity index (χ0v) is 16.3. The minimum atomic E-state index is -0.606. The maximum atomic E-state index is 12.6. The van der Waals surface area contributed by atoms with Crippen molar-refractivity contribution >= 4 is 11.6 Å². The van der Waals surface area contributed by atoms with Gasteiger partial charge in [0.2, 0.25) is 0 Å². The van der Waals surface area contributed by atoms with Gasteiger partial charge in [0.15, 0.2) is 6.10 Å². The van der Waals surface area contributed by atoms with Crippen molar-refractivity contribution in [1.29, 1.82) is 5.26 Å². The topological polar surface area (TPSA) is 65.8 Å². The molecule has 0 bridgehead atoms. The van der Waals surface area contributed by atoms with E-state index in [2.05, 4.69) is 35.2 Å². The van der Waals surface area contributed by atoms with Crippen molar-refractivity contribution in [2.45, 2.75) is 19.6 Å². The molecule has 1 atom stereocenters. The van der Waals surface area contributed by atoms with Gasteiger partial charge in [-0.25, -0.2) is 0 Å². The Morgan fingerprint density at radius 3 is 2.43 bits per heavy atom. The Balaban J connectivity index is 1.54. The van der Waals surface area contributed by atoms with Gasteiger partial charge in [-0.05, 0) is 48.9 Å². The van der Waals surface area contributed by atoms with Gasteiger partial charge in [0.05, 0.1) is 24.8 Å². The maximum absolute atomic E-state index is 12.6. The number of hydrogen-bond acceptors (Lipinski definition) is 5. The second kappa shape index (κ2) is 9.25. The fourth-order valence-corrected chi connectivity index (χ4v) is 3.16. The van der Waals surface area contributed by atoms with Crippen LogP contribution in [0, 0.1) is 11.3 Å². The Labute approximate surface area is 165 Å². The summed E-state index contributed by atoms with van der Waals surface area (Å²) in [5.74, 6) is 0.477. The third kappa shape index (κ3) is 5.02. The number of rotatable bonds is 6. The summed E-state index contributed by atoms with van der Waals surface area (Å²) in [4.78, 5) is 16.6. The standard InChI is InChI=1S/C22H25N3O3/c1-17(28-21-9-5-18(15-23)6-10-21)22(26)24(2)16-19-3-7-20(8-4-19)25-11-13-27-14-12-25/h3-10,17H,11-14,16H2,1-2H3. The number of ether oxygens (including phenoxy) is 2. The second-order valence-electron chi connectivity index (χ2n) is 6.86. The summed E-state index contributed by atoms with van der Waals surface area (Å²) in [6.07, 6.45) is -0.606. The third-order valence-corrected chi connectivity index (χ3v) is 4.75. The molecule has 0 aliphatic carbocycles. The quantitative estimate of drug-likeness (QED) is 0.772. The normalized spacial score (nSPS) is 14.8. The smallest absolute Gasteiger partial charge is 0.263 e. The van der Waals surface area contributed by atoms with Gasteiger partial charge in [-0.2, -0.15) is 5.26 Å². The number of carbonyl (C=O) groups is 1. The van der Waals surface area contributed by atoms with E-state index in [9.17, 15) is 4.79 Å². The number of nitriles is 1. The summed E-state index contributed by atoms with van der Waals surface area (Å²) in [7, 11) is 1.77. The molecule has 1 saturated heterocycles. The molecule has 1 amide bonds. The highest BCUT2D eigenvalue weighted by Crippen LogP contribution is 2.18. The molecule has 0 radical (unpaired) electrons. The van der Waals surface area contributed by atoms with Gasteiger partial charge >= 0.3 is 0 Å². The molecule has 1 unspecified atom stereocenters. The second-order valence-corrected chi connectivity index (χ2v) is 6.86. The first-order valence-corrected chi connectivity index (χ1v) is 9.40. The molecular formula is C22H25N3O3. The van der Waals surface area contributed by atoms with E-state index < -0.39 is 6.10 Å². The molecule has 2 aromatic carbocycles. The minimum Gasteiger partial charge on any atom is -0.481 e. The van der Waals surface area contributed by atoms with E-state index in [0.29, 0.717) is 17.9 Å². The van der Waals surface area contributed by atoms with Crippen LogP contribution in [0.25, 0.3) is 0 Å². The zero-order chi connectivity index (χ0) is 19.9. The van der Waals surface area contributed by atoms with Crippen LogP contribution < -0.4 is 9.64 Å². The van der Waals surface area contributed by atoms with Gasteiger partial charge in [0.25, 0.3) is 5.91 Å². The highest BCUT2D eigenvalue weighted by Gasteiger charge is 2.19. The van der Waals surface area contributed by atoms with E-state index in [4.69, 9.17) is 14.7 Å². The van der Waals surface area contributed by atoms with Gasteiger partial charge in [-0.15, -0.1) is 0 Å². The molecule has 0 N–H and O–H groups in total. The Hall–Kier alpha value is -3.04. The molecule has 28 heavy (non-hydrogen) atoms. The lowest BCUT2D eigenvalue weighted by Crippen LogP contribution is -2.37. The van der Waals surface area contributed by atoms with E-state index in [-0.39, 0.29) is 5.91 Å². The number of amides is 1. The van der Waals surface area contributed by atoms with Crippen LogP contribution in [-0.4, -0.2) is 50.3 Å². The van der Waals surface area contributed by atoms with E-state index in [1.165, 1.54) is 5.69 Å². The molecule has 0 saturated carbocycles. The Morgan fingerprint density at radius 1 is 1.18 bits per heavy atom. The van der Waals surface area contributed by atoms with Crippen LogP contribution in [0.3, 0.4) is 0 Å². The van der Waals surface area contributed by atoms with Crippen LogP contribution in [-0.2, 0) is 16.1 Å². The van der Waals surface area contributed by atoms with Gasteiger partial charge in [-0.1, -0.05) is 12.1 Å². The fourth-order valence-electron chi connectivity index (χ4n) is 3.16. The first-order valence-electron chi connectivity index (χ1n) is 9.40. The molecule has 6 nitrogen and oxygen atoms in total. The van der Waals surface area contributed by atoms with Crippen molar-refractivity contribution in [3.63, 3.8) is 0 Å². The fraction of sp³-hybridized carbons (Fsp3) is 0.364. The molecule has 1 aliphatic heterocycles. The monoisotopic (exact) mass is 379 g/mol. The first-order chi connectivity index (χ1) is 13.6. The average Bonchev–Trinajstić information content (AvgIpc) is 2.74. The summed E-state index contributed by atoms with van der Waals surface area (Å²) in [6.45, 7) is 5.58. The van der Waals surface area contributed by atoms with Gasteiger partial charge in [0, 0.05) is 32.4 Å². The molecule has 0 spiro atoms. The molecule has 1 fully saturated rings. The van der Waals surface area contributed by atoms with Crippen LogP contribution in [0.4, 0.5) is 5.69 Å². The van der Waals surface area contributed by atoms with Gasteiger partial charge in [0.1, 0.15) is 5.75 Å². The van der Waals surface area contributed by atoms with Crippen molar-refractivity contribution in [3.8, 4) is 11.8 Å². The third-order valence-electron chi connectivity index (χ3n) is 4.75. The van der Waals surface area contributed by atoms with Crippen molar-refractivity contribution in [2.24, 2.45) is 0 Å². The number of nitrogens with zero attached hydrogens (tertiary/aromatic N) is 3. The van der Waals surface area contributed by atoms with Crippen molar-refractivity contribution in [1.82, 2.24) is 4.90 Å². The lowest BCUT2D eigenvalue weighted by molar-refractivity contribution is -0.137. The Kier molecular flexibility index (Phi) is 6.51. The minimum absolute atomic E-state index is 0.0957. The van der Waals surface area contributed by atoms with Gasteiger partial charge in [-0.3, -0.25) is 4.79 Å². The van der Waals surface area contributed by atoms with E-state index in [0.717, 1.165) is 31.9 Å². The molecule has 1 heterocycles. The summed E-state index contributed by atoms with van der Waals surface area (Å²) in [5.41, 5.74) is 2.81.